The quantitative estimate of drug-likeness (QED) is 0.762. The van der Waals surface area contributed by atoms with Gasteiger partial charge < -0.3 is 4.74 Å². The molecule has 1 aromatic carbocycles. The van der Waals surface area contributed by atoms with Gasteiger partial charge in [-0.25, -0.2) is 4.39 Å². The summed E-state index contributed by atoms with van der Waals surface area (Å²) in [4.78, 5) is 11.0. The van der Waals surface area contributed by atoms with E-state index >= 15 is 0 Å². The van der Waals surface area contributed by atoms with Crippen LogP contribution in [0.3, 0.4) is 0 Å². The summed E-state index contributed by atoms with van der Waals surface area (Å²) >= 11 is 7.23. The Morgan fingerprint density at radius 1 is 1.56 bits per heavy atom. The van der Waals surface area contributed by atoms with Gasteiger partial charge >= 0.3 is 5.97 Å². The average molecular weight is 263 g/mol. The molecular formula is C11H12ClFO2S. The molecule has 16 heavy (non-hydrogen) atoms. The molecular weight excluding hydrogens is 251 g/mol. The number of ether oxygens (including phenoxy) is 1. The molecule has 1 rings (SSSR count). The third-order valence-electron chi connectivity index (χ3n) is 1.80. The van der Waals surface area contributed by atoms with Crippen molar-refractivity contribution in [2.24, 2.45) is 0 Å². The number of thioether (sulfide) groups is 1. The Morgan fingerprint density at radius 2 is 2.31 bits per heavy atom. The molecule has 88 valence electrons. The second kappa shape index (κ2) is 6.76. The molecule has 0 fully saturated rings. The van der Waals surface area contributed by atoms with E-state index in [0.29, 0.717) is 17.4 Å². The fourth-order valence-electron chi connectivity index (χ4n) is 1.09. The van der Waals surface area contributed by atoms with Crippen molar-refractivity contribution in [2.75, 3.05) is 12.4 Å². The van der Waals surface area contributed by atoms with Crippen LogP contribution in [-0.2, 0) is 15.3 Å². The molecule has 5 heteroatoms. The first kappa shape index (κ1) is 13.3. The third-order valence-corrected chi connectivity index (χ3v) is 3.10. The fraction of sp³-hybridized carbons (Fsp3) is 0.364. The van der Waals surface area contributed by atoms with Crippen molar-refractivity contribution in [1.29, 1.82) is 0 Å². The predicted octanol–water partition coefficient (Wildman–Crippen LogP) is 3.28. The fourth-order valence-corrected chi connectivity index (χ4v) is 2.22. The molecule has 0 bridgehead atoms. The molecule has 0 aliphatic carbocycles. The maximum atomic E-state index is 12.7. The van der Waals surface area contributed by atoms with E-state index in [2.05, 4.69) is 0 Å². The molecule has 2 nitrogen and oxygen atoms in total. The summed E-state index contributed by atoms with van der Waals surface area (Å²) in [5.41, 5.74) is 0.817. The molecule has 0 aromatic heterocycles. The van der Waals surface area contributed by atoms with Gasteiger partial charge in [0.05, 0.1) is 12.4 Å². The molecule has 0 radical (unpaired) electrons. The normalized spacial score (nSPS) is 10.2. The van der Waals surface area contributed by atoms with Gasteiger partial charge in [-0.3, -0.25) is 4.79 Å². The van der Waals surface area contributed by atoms with Crippen molar-refractivity contribution in [1.82, 2.24) is 0 Å². The Morgan fingerprint density at radius 3 is 2.94 bits per heavy atom. The van der Waals surface area contributed by atoms with Gasteiger partial charge in [-0.2, -0.15) is 0 Å². The molecule has 0 spiro atoms. The summed E-state index contributed by atoms with van der Waals surface area (Å²) in [6.45, 7) is 2.15. The van der Waals surface area contributed by atoms with E-state index in [1.165, 1.54) is 23.9 Å². The van der Waals surface area contributed by atoms with Crippen LogP contribution in [0.5, 0.6) is 0 Å². The average Bonchev–Trinajstić information content (AvgIpc) is 2.22. The summed E-state index contributed by atoms with van der Waals surface area (Å²) < 4.78 is 17.5. The Kier molecular flexibility index (Phi) is 5.63. The second-order valence-electron chi connectivity index (χ2n) is 3.03. The summed E-state index contributed by atoms with van der Waals surface area (Å²) in [7, 11) is 0. The molecule has 0 heterocycles. The standard InChI is InChI=1S/C11H12ClFO2S/c1-2-15-11(14)7-16-6-8-3-4-9(13)5-10(8)12/h3-5H,2,6-7H2,1H3. The highest BCUT2D eigenvalue weighted by Crippen LogP contribution is 2.22. The Hall–Kier alpha value is -0.740. The minimum atomic E-state index is -0.357. The highest BCUT2D eigenvalue weighted by atomic mass is 35.5. The van der Waals surface area contributed by atoms with Crippen LogP contribution in [0.25, 0.3) is 0 Å². The highest BCUT2D eigenvalue weighted by Gasteiger charge is 2.05. The third kappa shape index (κ3) is 4.41. The summed E-state index contributed by atoms with van der Waals surface area (Å²) in [5.74, 6) is 0.245. The number of hydrogen-bond donors (Lipinski definition) is 0. The van der Waals surface area contributed by atoms with E-state index in [9.17, 15) is 9.18 Å². The van der Waals surface area contributed by atoms with Gasteiger partial charge in [-0.05, 0) is 24.6 Å². The van der Waals surface area contributed by atoms with Crippen LogP contribution in [0.15, 0.2) is 18.2 Å². The van der Waals surface area contributed by atoms with E-state index < -0.39 is 0 Å². The Labute approximate surface area is 103 Å². The van der Waals surface area contributed by atoms with Gasteiger partial charge in [0.2, 0.25) is 0 Å². The van der Waals surface area contributed by atoms with Crippen LogP contribution in [-0.4, -0.2) is 18.3 Å². The van der Waals surface area contributed by atoms with Crippen molar-refractivity contribution >= 4 is 29.3 Å². The van der Waals surface area contributed by atoms with Crippen LogP contribution in [0.2, 0.25) is 5.02 Å². The molecule has 0 atom stereocenters. The molecule has 0 aliphatic rings. The number of esters is 1. The van der Waals surface area contributed by atoms with E-state index in [1.807, 2.05) is 0 Å². The number of benzene rings is 1. The SMILES string of the molecule is CCOC(=O)CSCc1ccc(F)cc1Cl. The minimum Gasteiger partial charge on any atom is -0.465 e. The lowest BCUT2D eigenvalue weighted by Crippen LogP contribution is -2.06. The predicted molar refractivity (Wildman–Crippen MR) is 64.2 cm³/mol. The van der Waals surface area contributed by atoms with Crippen LogP contribution in [0.4, 0.5) is 4.39 Å². The topological polar surface area (TPSA) is 26.3 Å². The summed E-state index contributed by atoms with van der Waals surface area (Å²) in [5, 5.41) is 0.386. The van der Waals surface area contributed by atoms with Crippen molar-refractivity contribution in [3.05, 3.63) is 34.6 Å². The summed E-state index contributed by atoms with van der Waals surface area (Å²) in [6.07, 6.45) is 0. The van der Waals surface area contributed by atoms with Crippen molar-refractivity contribution in [3.8, 4) is 0 Å². The maximum Gasteiger partial charge on any atom is 0.315 e. The summed E-state index contributed by atoms with van der Waals surface area (Å²) in [6, 6.07) is 4.24. The zero-order chi connectivity index (χ0) is 12.0. The zero-order valence-corrected chi connectivity index (χ0v) is 10.4. The first-order valence-electron chi connectivity index (χ1n) is 4.80. The monoisotopic (exact) mass is 262 g/mol. The first-order valence-corrected chi connectivity index (χ1v) is 6.34. The van der Waals surface area contributed by atoms with Crippen molar-refractivity contribution < 1.29 is 13.9 Å². The van der Waals surface area contributed by atoms with Gasteiger partial charge in [0, 0.05) is 10.8 Å². The number of carbonyl (C=O) groups excluding carboxylic acids is 1. The lowest BCUT2D eigenvalue weighted by Gasteiger charge is -2.04. The maximum absolute atomic E-state index is 12.7. The number of carbonyl (C=O) groups is 1. The van der Waals surface area contributed by atoms with E-state index in [4.69, 9.17) is 16.3 Å². The number of rotatable bonds is 5. The second-order valence-corrected chi connectivity index (χ2v) is 4.43. The van der Waals surface area contributed by atoms with E-state index in [-0.39, 0.29) is 17.5 Å². The molecule has 0 saturated heterocycles. The molecule has 0 unspecified atom stereocenters. The Bertz CT molecular complexity index is 371. The van der Waals surface area contributed by atoms with E-state index in [1.54, 1.807) is 13.0 Å². The molecule has 0 N–H and O–H groups in total. The van der Waals surface area contributed by atoms with Crippen molar-refractivity contribution in [2.45, 2.75) is 12.7 Å². The zero-order valence-electron chi connectivity index (χ0n) is 8.83. The lowest BCUT2D eigenvalue weighted by molar-refractivity contribution is -0.139. The minimum absolute atomic E-state index is 0.245. The lowest BCUT2D eigenvalue weighted by atomic mass is 10.2. The molecule has 0 saturated carbocycles. The van der Waals surface area contributed by atoms with Crippen LogP contribution < -0.4 is 0 Å². The van der Waals surface area contributed by atoms with Gasteiger partial charge in [0.15, 0.2) is 0 Å². The Balaban J connectivity index is 2.40. The first-order chi connectivity index (χ1) is 7.63. The van der Waals surface area contributed by atoms with Crippen LogP contribution in [0, 0.1) is 5.82 Å². The highest BCUT2D eigenvalue weighted by molar-refractivity contribution is 7.99. The molecule has 0 amide bonds. The smallest absolute Gasteiger partial charge is 0.315 e. The van der Waals surface area contributed by atoms with Gasteiger partial charge in [-0.15, -0.1) is 11.8 Å². The number of hydrogen-bond acceptors (Lipinski definition) is 3. The molecule has 0 aliphatic heterocycles. The van der Waals surface area contributed by atoms with E-state index in [0.717, 1.165) is 5.56 Å². The van der Waals surface area contributed by atoms with Gasteiger partial charge in [0.1, 0.15) is 5.82 Å². The molecule has 1 aromatic rings. The van der Waals surface area contributed by atoms with Crippen LogP contribution >= 0.6 is 23.4 Å². The number of halogens is 2. The van der Waals surface area contributed by atoms with Gasteiger partial charge in [-0.1, -0.05) is 17.7 Å². The van der Waals surface area contributed by atoms with Gasteiger partial charge in [0.25, 0.3) is 0 Å². The largest absolute Gasteiger partial charge is 0.465 e. The van der Waals surface area contributed by atoms with Crippen molar-refractivity contribution in [3.63, 3.8) is 0 Å². The van der Waals surface area contributed by atoms with Crippen LogP contribution in [0.1, 0.15) is 12.5 Å².